The molecule has 0 saturated heterocycles. The number of hydrogen-bond acceptors (Lipinski definition) is 3. The summed E-state index contributed by atoms with van der Waals surface area (Å²) in [7, 11) is 0. The lowest BCUT2D eigenvalue weighted by Gasteiger charge is -2.42. The van der Waals surface area contributed by atoms with E-state index in [4.69, 9.17) is 5.73 Å². The Bertz CT molecular complexity index is 507. The van der Waals surface area contributed by atoms with E-state index in [1.165, 1.54) is 6.42 Å². The standard InChI is InChI=1S/C15H21IN2O2/c1-10-4-2-3-7-15(10,9-17)18-14(20)12-8-11(16)5-6-13(12)19/h5-6,8,10,19H,2-4,7,9,17H2,1H3,(H,18,20). The molecular weight excluding hydrogens is 367 g/mol. The van der Waals surface area contributed by atoms with Crippen molar-refractivity contribution >= 4 is 28.5 Å². The third-order valence-corrected chi connectivity index (χ3v) is 5.05. The first-order valence-corrected chi connectivity index (χ1v) is 8.07. The van der Waals surface area contributed by atoms with Gasteiger partial charge in [0.05, 0.1) is 11.1 Å². The predicted molar refractivity (Wildman–Crippen MR) is 87.7 cm³/mol. The highest BCUT2D eigenvalue weighted by Gasteiger charge is 2.38. The Kier molecular flexibility index (Phi) is 4.90. The molecule has 1 aromatic carbocycles. The third-order valence-electron chi connectivity index (χ3n) is 4.38. The van der Waals surface area contributed by atoms with Crippen molar-refractivity contribution in [1.29, 1.82) is 0 Å². The number of rotatable bonds is 3. The van der Waals surface area contributed by atoms with Gasteiger partial charge < -0.3 is 16.2 Å². The summed E-state index contributed by atoms with van der Waals surface area (Å²) < 4.78 is 0.920. The van der Waals surface area contributed by atoms with Crippen LogP contribution in [-0.2, 0) is 0 Å². The summed E-state index contributed by atoms with van der Waals surface area (Å²) in [5, 5.41) is 13.0. The van der Waals surface area contributed by atoms with Crippen LogP contribution in [0.25, 0.3) is 0 Å². The molecular formula is C15H21IN2O2. The monoisotopic (exact) mass is 388 g/mol. The maximum Gasteiger partial charge on any atom is 0.255 e. The first-order chi connectivity index (χ1) is 9.48. The summed E-state index contributed by atoms with van der Waals surface area (Å²) in [6.45, 7) is 2.57. The number of phenolic OH excluding ortho intramolecular Hbond substituents is 1. The number of hydrogen-bond donors (Lipinski definition) is 3. The molecule has 1 aromatic rings. The molecule has 0 heterocycles. The number of halogens is 1. The fourth-order valence-corrected chi connectivity index (χ4v) is 3.43. The second-order valence-corrected chi connectivity index (χ2v) is 6.87. The van der Waals surface area contributed by atoms with Gasteiger partial charge in [0.1, 0.15) is 5.75 Å². The number of aromatic hydroxyl groups is 1. The minimum Gasteiger partial charge on any atom is -0.507 e. The van der Waals surface area contributed by atoms with E-state index < -0.39 is 0 Å². The van der Waals surface area contributed by atoms with Crippen LogP contribution in [0.1, 0.15) is 43.0 Å². The minimum absolute atomic E-state index is 0.0125. The highest BCUT2D eigenvalue weighted by molar-refractivity contribution is 14.1. The molecule has 0 bridgehead atoms. The van der Waals surface area contributed by atoms with Crippen molar-refractivity contribution in [2.45, 2.75) is 38.1 Å². The summed E-state index contributed by atoms with van der Waals surface area (Å²) in [4.78, 5) is 12.5. The van der Waals surface area contributed by atoms with E-state index >= 15 is 0 Å². The van der Waals surface area contributed by atoms with Gasteiger partial charge in [-0.25, -0.2) is 0 Å². The van der Waals surface area contributed by atoms with Crippen molar-refractivity contribution in [3.05, 3.63) is 27.3 Å². The molecule has 1 aliphatic carbocycles. The summed E-state index contributed by atoms with van der Waals surface area (Å²) in [5.74, 6) is 0.133. The van der Waals surface area contributed by atoms with Crippen molar-refractivity contribution < 1.29 is 9.90 Å². The van der Waals surface area contributed by atoms with E-state index in [2.05, 4.69) is 34.8 Å². The zero-order valence-corrected chi connectivity index (χ0v) is 13.8. The average molecular weight is 388 g/mol. The molecule has 1 saturated carbocycles. The minimum atomic E-state index is -0.344. The molecule has 1 fully saturated rings. The van der Waals surface area contributed by atoms with Crippen LogP contribution in [0.15, 0.2) is 18.2 Å². The van der Waals surface area contributed by atoms with Crippen LogP contribution in [0.4, 0.5) is 0 Å². The maximum atomic E-state index is 12.5. The van der Waals surface area contributed by atoms with Crippen LogP contribution in [0.3, 0.4) is 0 Å². The number of phenols is 1. The van der Waals surface area contributed by atoms with E-state index in [-0.39, 0.29) is 17.2 Å². The first kappa shape index (κ1) is 15.6. The van der Waals surface area contributed by atoms with E-state index in [1.54, 1.807) is 18.2 Å². The topological polar surface area (TPSA) is 75.3 Å². The highest BCUT2D eigenvalue weighted by atomic mass is 127. The lowest BCUT2D eigenvalue weighted by Crippen LogP contribution is -2.59. The zero-order chi connectivity index (χ0) is 14.8. The number of benzene rings is 1. The fraction of sp³-hybridized carbons (Fsp3) is 0.533. The molecule has 20 heavy (non-hydrogen) atoms. The van der Waals surface area contributed by atoms with Gasteiger partial charge in [-0.3, -0.25) is 4.79 Å². The molecule has 2 unspecified atom stereocenters. The fourth-order valence-electron chi connectivity index (χ4n) is 2.94. The molecule has 1 amide bonds. The predicted octanol–water partition coefficient (Wildman–Crippen LogP) is 2.63. The molecule has 1 aliphatic rings. The molecule has 0 aromatic heterocycles. The normalized spacial score (nSPS) is 26.2. The molecule has 2 rings (SSSR count). The highest BCUT2D eigenvalue weighted by Crippen LogP contribution is 2.33. The Morgan fingerprint density at radius 1 is 1.55 bits per heavy atom. The van der Waals surface area contributed by atoms with Crippen molar-refractivity contribution in [3.8, 4) is 5.75 Å². The Balaban J connectivity index is 2.23. The van der Waals surface area contributed by atoms with Crippen molar-refractivity contribution in [2.24, 2.45) is 11.7 Å². The largest absolute Gasteiger partial charge is 0.507 e. The van der Waals surface area contributed by atoms with Gasteiger partial charge in [-0.15, -0.1) is 0 Å². The average Bonchev–Trinajstić information content (AvgIpc) is 2.44. The summed E-state index contributed by atoms with van der Waals surface area (Å²) >= 11 is 2.13. The summed E-state index contributed by atoms with van der Waals surface area (Å²) in [5.41, 5.74) is 5.92. The molecule has 0 spiro atoms. The summed E-state index contributed by atoms with van der Waals surface area (Å²) in [6, 6.07) is 5.02. The lowest BCUT2D eigenvalue weighted by molar-refractivity contribution is 0.0810. The van der Waals surface area contributed by atoms with Gasteiger partial charge in [0.2, 0.25) is 0 Å². The van der Waals surface area contributed by atoms with Crippen molar-refractivity contribution in [1.82, 2.24) is 5.32 Å². The van der Waals surface area contributed by atoms with Gasteiger partial charge in [-0.05, 0) is 59.5 Å². The number of carbonyl (C=O) groups excluding carboxylic acids is 1. The van der Waals surface area contributed by atoms with Crippen LogP contribution in [-0.4, -0.2) is 23.1 Å². The molecule has 0 aliphatic heterocycles. The number of amides is 1. The molecule has 110 valence electrons. The SMILES string of the molecule is CC1CCCCC1(CN)NC(=O)c1cc(I)ccc1O. The van der Waals surface area contributed by atoms with Crippen LogP contribution in [0.5, 0.6) is 5.75 Å². The van der Waals surface area contributed by atoms with E-state index in [1.807, 2.05) is 0 Å². The molecule has 2 atom stereocenters. The molecule has 4 N–H and O–H groups in total. The van der Waals surface area contributed by atoms with Gasteiger partial charge in [0.25, 0.3) is 5.91 Å². The first-order valence-electron chi connectivity index (χ1n) is 6.99. The van der Waals surface area contributed by atoms with Gasteiger partial charge in [-0.1, -0.05) is 19.8 Å². The van der Waals surface area contributed by atoms with Gasteiger partial charge >= 0.3 is 0 Å². The van der Waals surface area contributed by atoms with Gasteiger partial charge in [-0.2, -0.15) is 0 Å². The molecule has 4 nitrogen and oxygen atoms in total. The second-order valence-electron chi connectivity index (χ2n) is 5.62. The smallest absolute Gasteiger partial charge is 0.255 e. The number of nitrogens with two attached hydrogens (primary N) is 1. The van der Waals surface area contributed by atoms with Crippen molar-refractivity contribution in [2.75, 3.05) is 6.54 Å². The van der Waals surface area contributed by atoms with E-state index in [0.29, 0.717) is 18.0 Å². The quantitative estimate of drug-likeness (QED) is 0.697. The Hall–Kier alpha value is -0.820. The Labute approximate surface area is 133 Å². The van der Waals surface area contributed by atoms with Crippen LogP contribution >= 0.6 is 22.6 Å². The van der Waals surface area contributed by atoms with E-state index in [0.717, 1.165) is 22.8 Å². The van der Waals surface area contributed by atoms with E-state index in [9.17, 15) is 9.90 Å². The number of nitrogens with one attached hydrogen (secondary N) is 1. The second kappa shape index (κ2) is 6.30. The molecule has 5 heteroatoms. The maximum absolute atomic E-state index is 12.5. The van der Waals surface area contributed by atoms with Crippen molar-refractivity contribution in [3.63, 3.8) is 0 Å². The Morgan fingerprint density at radius 3 is 2.95 bits per heavy atom. The van der Waals surface area contributed by atoms with Gasteiger partial charge in [0.15, 0.2) is 0 Å². The number of carbonyl (C=O) groups is 1. The zero-order valence-electron chi connectivity index (χ0n) is 11.7. The van der Waals surface area contributed by atoms with Crippen LogP contribution in [0, 0.1) is 9.49 Å². The van der Waals surface area contributed by atoms with Crippen LogP contribution in [0.2, 0.25) is 0 Å². The summed E-state index contributed by atoms with van der Waals surface area (Å²) in [6.07, 6.45) is 4.25. The lowest BCUT2D eigenvalue weighted by atomic mass is 9.73. The van der Waals surface area contributed by atoms with Crippen LogP contribution < -0.4 is 11.1 Å². The Morgan fingerprint density at radius 2 is 2.30 bits per heavy atom. The molecule has 0 radical (unpaired) electrons. The van der Waals surface area contributed by atoms with Gasteiger partial charge in [0, 0.05) is 10.1 Å². The third kappa shape index (κ3) is 3.09.